The van der Waals surface area contributed by atoms with E-state index >= 15 is 0 Å². The van der Waals surface area contributed by atoms with Crippen LogP contribution in [0.1, 0.15) is 0 Å². The summed E-state index contributed by atoms with van der Waals surface area (Å²) in [5, 5.41) is 13.2. The van der Waals surface area contributed by atoms with Crippen molar-refractivity contribution in [2.75, 3.05) is 12.4 Å². The molecule has 0 bridgehead atoms. The average molecular weight is 327 g/mol. The van der Waals surface area contributed by atoms with Gasteiger partial charge in [0.2, 0.25) is 0 Å². The van der Waals surface area contributed by atoms with Gasteiger partial charge >= 0.3 is 0 Å². The first kappa shape index (κ1) is 15.1. The van der Waals surface area contributed by atoms with E-state index in [4.69, 9.17) is 4.74 Å². The number of hydrogen-bond acceptors (Lipinski definition) is 4. The summed E-state index contributed by atoms with van der Waals surface area (Å²) in [4.78, 5) is 0. The SMILES string of the molecule is COc1ccc(Nc2nnc3ccccc3c2-c2ccccc2)cc1. The zero-order valence-corrected chi connectivity index (χ0v) is 13.8. The summed E-state index contributed by atoms with van der Waals surface area (Å²) in [5.41, 5.74) is 3.95. The molecule has 0 saturated heterocycles. The molecule has 4 aromatic rings. The third-order valence-electron chi connectivity index (χ3n) is 4.08. The minimum atomic E-state index is 0.732. The molecule has 0 amide bonds. The first-order valence-electron chi connectivity index (χ1n) is 8.07. The molecule has 0 fully saturated rings. The van der Waals surface area contributed by atoms with Crippen LogP contribution in [0.3, 0.4) is 0 Å². The van der Waals surface area contributed by atoms with Gasteiger partial charge in [0, 0.05) is 16.6 Å². The minimum Gasteiger partial charge on any atom is -0.497 e. The standard InChI is InChI=1S/C21H17N3O/c1-25-17-13-11-16(12-14-17)22-21-20(15-7-3-2-4-8-15)18-9-5-6-10-19(18)23-24-21/h2-14H,1H3,(H,22,24). The van der Waals surface area contributed by atoms with Gasteiger partial charge in [0.05, 0.1) is 12.6 Å². The van der Waals surface area contributed by atoms with Gasteiger partial charge in [-0.3, -0.25) is 0 Å². The Hall–Kier alpha value is -3.40. The number of benzene rings is 3. The van der Waals surface area contributed by atoms with Crippen LogP contribution in [0.2, 0.25) is 0 Å². The second-order valence-electron chi connectivity index (χ2n) is 5.66. The number of ether oxygens (including phenoxy) is 1. The Labute approximate surface area is 146 Å². The van der Waals surface area contributed by atoms with Crippen molar-refractivity contribution in [3.05, 3.63) is 78.9 Å². The lowest BCUT2D eigenvalue weighted by atomic mass is 10.0. The Morgan fingerprint density at radius 3 is 2.24 bits per heavy atom. The van der Waals surface area contributed by atoms with Gasteiger partial charge in [-0.1, -0.05) is 48.5 Å². The molecule has 1 heterocycles. The maximum Gasteiger partial charge on any atom is 0.161 e. The van der Waals surface area contributed by atoms with Crippen LogP contribution in [-0.4, -0.2) is 17.3 Å². The first-order chi connectivity index (χ1) is 12.3. The van der Waals surface area contributed by atoms with Crippen molar-refractivity contribution >= 4 is 22.4 Å². The van der Waals surface area contributed by atoms with Crippen LogP contribution >= 0.6 is 0 Å². The number of hydrogen-bond donors (Lipinski definition) is 1. The highest BCUT2D eigenvalue weighted by molar-refractivity contribution is 5.99. The minimum absolute atomic E-state index is 0.732. The molecule has 0 saturated carbocycles. The van der Waals surface area contributed by atoms with Crippen LogP contribution in [0.5, 0.6) is 5.75 Å². The lowest BCUT2D eigenvalue weighted by molar-refractivity contribution is 0.415. The van der Waals surface area contributed by atoms with Gasteiger partial charge in [-0.2, -0.15) is 0 Å². The normalized spacial score (nSPS) is 10.6. The lowest BCUT2D eigenvalue weighted by Gasteiger charge is -2.13. The second-order valence-corrected chi connectivity index (χ2v) is 5.66. The van der Waals surface area contributed by atoms with Gasteiger partial charge in [-0.05, 0) is 35.9 Å². The zero-order valence-electron chi connectivity index (χ0n) is 13.8. The quantitative estimate of drug-likeness (QED) is 0.570. The van der Waals surface area contributed by atoms with Crippen molar-refractivity contribution in [2.24, 2.45) is 0 Å². The Balaban J connectivity index is 1.85. The van der Waals surface area contributed by atoms with E-state index in [9.17, 15) is 0 Å². The van der Waals surface area contributed by atoms with Crippen LogP contribution in [0.15, 0.2) is 78.9 Å². The number of rotatable bonds is 4. The van der Waals surface area contributed by atoms with Crippen molar-refractivity contribution in [3.63, 3.8) is 0 Å². The van der Waals surface area contributed by atoms with E-state index in [1.807, 2.05) is 60.7 Å². The van der Waals surface area contributed by atoms with Gasteiger partial charge in [0.15, 0.2) is 5.82 Å². The number of fused-ring (bicyclic) bond motifs is 1. The van der Waals surface area contributed by atoms with Gasteiger partial charge in [-0.15, -0.1) is 10.2 Å². The molecule has 1 N–H and O–H groups in total. The highest BCUT2D eigenvalue weighted by Crippen LogP contribution is 2.34. The summed E-state index contributed by atoms with van der Waals surface area (Å²) in [6.07, 6.45) is 0. The van der Waals surface area contributed by atoms with E-state index < -0.39 is 0 Å². The number of anilines is 2. The van der Waals surface area contributed by atoms with Gasteiger partial charge in [-0.25, -0.2) is 0 Å². The first-order valence-corrected chi connectivity index (χ1v) is 8.07. The fourth-order valence-corrected chi connectivity index (χ4v) is 2.85. The summed E-state index contributed by atoms with van der Waals surface area (Å²) < 4.78 is 5.21. The van der Waals surface area contributed by atoms with Crippen molar-refractivity contribution in [1.82, 2.24) is 10.2 Å². The number of aromatic nitrogens is 2. The van der Waals surface area contributed by atoms with Crippen LogP contribution < -0.4 is 10.1 Å². The van der Waals surface area contributed by atoms with Gasteiger partial charge in [0.25, 0.3) is 0 Å². The third kappa shape index (κ3) is 3.02. The topological polar surface area (TPSA) is 47.0 Å². The molecule has 25 heavy (non-hydrogen) atoms. The molecule has 0 unspecified atom stereocenters. The van der Waals surface area contributed by atoms with E-state index in [-0.39, 0.29) is 0 Å². The van der Waals surface area contributed by atoms with Crippen molar-refractivity contribution in [2.45, 2.75) is 0 Å². The van der Waals surface area contributed by atoms with Crippen LogP contribution in [0, 0.1) is 0 Å². The molecule has 0 aliphatic rings. The molecule has 4 heteroatoms. The molecule has 0 spiro atoms. The fraction of sp³-hybridized carbons (Fsp3) is 0.0476. The van der Waals surface area contributed by atoms with E-state index in [1.165, 1.54) is 0 Å². The molecule has 122 valence electrons. The number of nitrogens with zero attached hydrogens (tertiary/aromatic N) is 2. The average Bonchev–Trinajstić information content (AvgIpc) is 2.69. The molecule has 0 atom stereocenters. The Kier molecular flexibility index (Phi) is 4.01. The monoisotopic (exact) mass is 327 g/mol. The molecule has 4 nitrogen and oxygen atoms in total. The molecule has 4 rings (SSSR count). The Bertz CT molecular complexity index is 998. The van der Waals surface area contributed by atoms with Crippen molar-refractivity contribution in [3.8, 4) is 16.9 Å². The summed E-state index contributed by atoms with van der Waals surface area (Å²) in [7, 11) is 1.66. The van der Waals surface area contributed by atoms with E-state index in [1.54, 1.807) is 7.11 Å². The lowest BCUT2D eigenvalue weighted by Crippen LogP contribution is -2.00. The highest BCUT2D eigenvalue weighted by Gasteiger charge is 2.12. The summed E-state index contributed by atoms with van der Waals surface area (Å²) in [6.45, 7) is 0. The molecule has 1 aromatic heterocycles. The van der Waals surface area contributed by atoms with Crippen LogP contribution in [-0.2, 0) is 0 Å². The van der Waals surface area contributed by atoms with E-state index in [0.717, 1.165) is 39.3 Å². The molecular weight excluding hydrogens is 310 g/mol. The predicted octanol–water partition coefficient (Wildman–Crippen LogP) is 5.05. The number of methoxy groups -OCH3 is 1. The Morgan fingerprint density at radius 2 is 1.48 bits per heavy atom. The molecular formula is C21H17N3O. The van der Waals surface area contributed by atoms with Crippen LogP contribution in [0.25, 0.3) is 22.0 Å². The summed E-state index contributed by atoms with van der Waals surface area (Å²) in [5.74, 6) is 1.55. The van der Waals surface area contributed by atoms with Crippen molar-refractivity contribution < 1.29 is 4.74 Å². The van der Waals surface area contributed by atoms with E-state index in [2.05, 4.69) is 33.7 Å². The molecule has 0 radical (unpaired) electrons. The summed E-state index contributed by atoms with van der Waals surface area (Å²) >= 11 is 0. The molecule has 0 aliphatic heterocycles. The van der Waals surface area contributed by atoms with Gasteiger partial charge in [0.1, 0.15) is 5.75 Å². The number of nitrogens with one attached hydrogen (secondary N) is 1. The van der Waals surface area contributed by atoms with E-state index in [0.29, 0.717) is 0 Å². The predicted molar refractivity (Wildman–Crippen MR) is 101 cm³/mol. The maximum atomic E-state index is 5.21. The van der Waals surface area contributed by atoms with Crippen molar-refractivity contribution in [1.29, 1.82) is 0 Å². The second kappa shape index (κ2) is 6.61. The van der Waals surface area contributed by atoms with Crippen LogP contribution in [0.4, 0.5) is 11.5 Å². The molecule has 0 aliphatic carbocycles. The molecule has 3 aromatic carbocycles. The smallest absolute Gasteiger partial charge is 0.161 e. The Morgan fingerprint density at radius 1 is 0.760 bits per heavy atom. The maximum absolute atomic E-state index is 5.21. The fourth-order valence-electron chi connectivity index (χ4n) is 2.85. The summed E-state index contributed by atoms with van der Waals surface area (Å²) in [6, 6.07) is 26.0. The zero-order chi connectivity index (χ0) is 17.1. The highest BCUT2D eigenvalue weighted by atomic mass is 16.5. The third-order valence-corrected chi connectivity index (χ3v) is 4.08. The largest absolute Gasteiger partial charge is 0.497 e. The van der Waals surface area contributed by atoms with Gasteiger partial charge < -0.3 is 10.1 Å².